The maximum Gasteiger partial charge on any atom is 0.344 e. The van der Waals surface area contributed by atoms with Crippen molar-refractivity contribution >= 4 is 23.9 Å². The smallest absolute Gasteiger partial charge is 0.344 e. The SMILES string of the molecule is CCOC(=O)COc1ccc(C=NNc2nnc3c(n2)C(=O)c2ccccc2-3)cc1OCC. The van der Waals surface area contributed by atoms with E-state index < -0.39 is 5.97 Å². The summed E-state index contributed by atoms with van der Waals surface area (Å²) in [5.41, 5.74) is 5.38. The fraction of sp³-hybridized carbons (Fsp3) is 0.217. The van der Waals surface area contributed by atoms with Crippen molar-refractivity contribution in [1.82, 2.24) is 15.2 Å². The Balaban J connectivity index is 1.45. The first kappa shape index (κ1) is 21.9. The van der Waals surface area contributed by atoms with E-state index in [0.29, 0.717) is 34.9 Å². The lowest BCUT2D eigenvalue weighted by Crippen LogP contribution is -2.15. The zero-order valence-electron chi connectivity index (χ0n) is 18.1. The normalized spacial score (nSPS) is 11.8. The van der Waals surface area contributed by atoms with Crippen molar-refractivity contribution in [3.8, 4) is 22.8 Å². The Labute approximate surface area is 189 Å². The van der Waals surface area contributed by atoms with Crippen LogP contribution < -0.4 is 14.9 Å². The first-order valence-corrected chi connectivity index (χ1v) is 10.3. The number of anilines is 1. The zero-order chi connectivity index (χ0) is 23.2. The number of ether oxygens (including phenoxy) is 3. The number of hydrogen-bond donors (Lipinski definition) is 1. The number of carbonyl (C=O) groups excluding carboxylic acids is 2. The molecule has 0 bridgehead atoms. The van der Waals surface area contributed by atoms with Gasteiger partial charge in [0.25, 0.3) is 5.95 Å². The van der Waals surface area contributed by atoms with Crippen LogP contribution in [0, 0.1) is 0 Å². The number of fused-ring (bicyclic) bond motifs is 3. The fourth-order valence-corrected chi connectivity index (χ4v) is 3.22. The van der Waals surface area contributed by atoms with Gasteiger partial charge in [0.1, 0.15) is 11.4 Å². The minimum absolute atomic E-state index is 0.102. The molecular weight excluding hydrogens is 426 g/mol. The molecule has 0 saturated carbocycles. The molecule has 2 aromatic carbocycles. The number of esters is 1. The third-order valence-corrected chi connectivity index (χ3v) is 4.63. The van der Waals surface area contributed by atoms with Crippen LogP contribution in [0.3, 0.4) is 0 Å². The highest BCUT2D eigenvalue weighted by Crippen LogP contribution is 2.33. The van der Waals surface area contributed by atoms with E-state index in [-0.39, 0.29) is 30.6 Å². The maximum absolute atomic E-state index is 12.5. The summed E-state index contributed by atoms with van der Waals surface area (Å²) in [5, 5.41) is 12.3. The van der Waals surface area contributed by atoms with Crippen molar-refractivity contribution in [2.24, 2.45) is 5.10 Å². The molecule has 10 nitrogen and oxygen atoms in total. The Kier molecular flexibility index (Phi) is 6.53. The number of carbonyl (C=O) groups is 2. The van der Waals surface area contributed by atoms with Gasteiger partial charge in [0, 0.05) is 11.1 Å². The molecule has 3 aromatic rings. The molecule has 33 heavy (non-hydrogen) atoms. The molecule has 1 aliphatic carbocycles. The average molecular weight is 447 g/mol. The van der Waals surface area contributed by atoms with Crippen LogP contribution in [0.1, 0.15) is 35.5 Å². The van der Waals surface area contributed by atoms with Gasteiger partial charge in [-0.1, -0.05) is 24.3 Å². The highest BCUT2D eigenvalue weighted by molar-refractivity contribution is 6.19. The van der Waals surface area contributed by atoms with Crippen LogP contribution >= 0.6 is 0 Å². The van der Waals surface area contributed by atoms with Crippen molar-refractivity contribution in [3.63, 3.8) is 0 Å². The van der Waals surface area contributed by atoms with Gasteiger partial charge in [-0.3, -0.25) is 4.79 Å². The summed E-state index contributed by atoms with van der Waals surface area (Å²) < 4.78 is 16.0. The molecule has 10 heteroatoms. The molecule has 1 aliphatic rings. The van der Waals surface area contributed by atoms with Crippen molar-refractivity contribution in [3.05, 3.63) is 59.3 Å². The molecule has 0 aliphatic heterocycles. The molecule has 1 heterocycles. The Morgan fingerprint density at radius 3 is 2.61 bits per heavy atom. The van der Waals surface area contributed by atoms with Gasteiger partial charge in [0.15, 0.2) is 18.1 Å². The number of nitrogens with one attached hydrogen (secondary N) is 1. The molecule has 0 saturated heterocycles. The fourth-order valence-electron chi connectivity index (χ4n) is 3.22. The first-order valence-electron chi connectivity index (χ1n) is 10.3. The maximum atomic E-state index is 12.5. The van der Waals surface area contributed by atoms with Gasteiger partial charge >= 0.3 is 5.97 Å². The second kappa shape index (κ2) is 9.86. The van der Waals surface area contributed by atoms with Gasteiger partial charge in [-0.2, -0.15) is 5.10 Å². The summed E-state index contributed by atoms with van der Waals surface area (Å²) in [5.74, 6) is 0.330. The minimum atomic E-state index is -0.459. The number of rotatable bonds is 9. The molecule has 1 aromatic heterocycles. The summed E-state index contributed by atoms with van der Waals surface area (Å²) >= 11 is 0. The summed E-state index contributed by atoms with van der Waals surface area (Å²) in [6.45, 7) is 4.06. The van der Waals surface area contributed by atoms with Gasteiger partial charge in [-0.25, -0.2) is 15.2 Å². The Morgan fingerprint density at radius 2 is 1.82 bits per heavy atom. The zero-order valence-corrected chi connectivity index (χ0v) is 18.1. The van der Waals surface area contributed by atoms with Crippen LogP contribution in [0.25, 0.3) is 11.3 Å². The quantitative estimate of drug-likeness (QED) is 0.234. The van der Waals surface area contributed by atoms with Crippen LogP contribution in [0.4, 0.5) is 5.95 Å². The standard InChI is InChI=1S/C23H21N5O5/c1-3-31-18-11-14(9-10-17(18)33-13-19(29)32-4-2)12-24-27-23-25-21-20(26-28-23)15-7-5-6-8-16(15)22(21)30/h5-12H,3-4,13H2,1-2H3,(H,25,27,28). The summed E-state index contributed by atoms with van der Waals surface area (Å²) in [4.78, 5) is 28.3. The predicted molar refractivity (Wildman–Crippen MR) is 120 cm³/mol. The predicted octanol–water partition coefficient (Wildman–Crippen LogP) is 2.87. The second-order valence-corrected chi connectivity index (χ2v) is 6.81. The van der Waals surface area contributed by atoms with E-state index in [4.69, 9.17) is 14.2 Å². The number of hydrazone groups is 1. The number of ketones is 1. The first-order chi connectivity index (χ1) is 16.1. The molecule has 1 N–H and O–H groups in total. The van der Waals surface area contributed by atoms with Crippen molar-refractivity contribution in [2.45, 2.75) is 13.8 Å². The molecular formula is C23H21N5O5. The lowest BCUT2D eigenvalue weighted by atomic mass is 10.1. The molecule has 0 amide bonds. The molecule has 0 atom stereocenters. The highest BCUT2D eigenvalue weighted by atomic mass is 16.6. The van der Waals surface area contributed by atoms with Crippen molar-refractivity contribution in [1.29, 1.82) is 0 Å². The van der Waals surface area contributed by atoms with E-state index in [9.17, 15) is 9.59 Å². The number of nitrogens with zero attached hydrogens (tertiary/aromatic N) is 4. The molecule has 0 fully saturated rings. The van der Waals surface area contributed by atoms with Crippen LogP contribution in [0.2, 0.25) is 0 Å². The minimum Gasteiger partial charge on any atom is -0.490 e. The topological polar surface area (TPSA) is 125 Å². The van der Waals surface area contributed by atoms with E-state index in [1.165, 1.54) is 6.21 Å². The third kappa shape index (κ3) is 4.79. The average Bonchev–Trinajstić information content (AvgIpc) is 3.11. The van der Waals surface area contributed by atoms with E-state index in [1.807, 2.05) is 19.1 Å². The lowest BCUT2D eigenvalue weighted by molar-refractivity contribution is -0.145. The van der Waals surface area contributed by atoms with Gasteiger partial charge in [-0.05, 0) is 37.6 Å². The molecule has 168 valence electrons. The molecule has 4 rings (SSSR count). The lowest BCUT2D eigenvalue weighted by Gasteiger charge is -2.12. The monoisotopic (exact) mass is 447 g/mol. The molecule has 0 spiro atoms. The third-order valence-electron chi connectivity index (χ3n) is 4.63. The van der Waals surface area contributed by atoms with E-state index in [2.05, 4.69) is 25.7 Å². The van der Waals surface area contributed by atoms with Crippen molar-refractivity contribution in [2.75, 3.05) is 25.2 Å². The largest absolute Gasteiger partial charge is 0.490 e. The van der Waals surface area contributed by atoms with E-state index in [1.54, 1.807) is 37.3 Å². The van der Waals surface area contributed by atoms with Crippen LogP contribution in [0.5, 0.6) is 11.5 Å². The van der Waals surface area contributed by atoms with Crippen LogP contribution in [0.15, 0.2) is 47.6 Å². The van der Waals surface area contributed by atoms with Gasteiger partial charge < -0.3 is 14.2 Å². The van der Waals surface area contributed by atoms with E-state index in [0.717, 1.165) is 5.56 Å². The van der Waals surface area contributed by atoms with Crippen molar-refractivity contribution < 1.29 is 23.8 Å². The Hall–Kier alpha value is -4.34. The van der Waals surface area contributed by atoms with Crippen LogP contribution in [-0.4, -0.2) is 53.0 Å². The Bertz CT molecular complexity index is 1230. The van der Waals surface area contributed by atoms with Gasteiger partial charge in [0.2, 0.25) is 5.78 Å². The highest BCUT2D eigenvalue weighted by Gasteiger charge is 2.30. The molecule has 0 radical (unpaired) electrons. The summed E-state index contributed by atoms with van der Waals surface area (Å²) in [6, 6.07) is 12.3. The van der Waals surface area contributed by atoms with Gasteiger partial charge in [0.05, 0.1) is 19.4 Å². The number of benzene rings is 2. The molecule has 0 unspecified atom stereocenters. The summed E-state index contributed by atoms with van der Waals surface area (Å²) in [6.07, 6.45) is 1.53. The van der Waals surface area contributed by atoms with Gasteiger partial charge in [-0.15, -0.1) is 10.2 Å². The van der Waals surface area contributed by atoms with E-state index >= 15 is 0 Å². The van der Waals surface area contributed by atoms with Crippen LogP contribution in [-0.2, 0) is 9.53 Å². The number of hydrogen-bond acceptors (Lipinski definition) is 10. The Morgan fingerprint density at radius 1 is 1.00 bits per heavy atom. The summed E-state index contributed by atoms with van der Waals surface area (Å²) in [7, 11) is 0. The second-order valence-electron chi connectivity index (χ2n) is 6.81. The number of aromatic nitrogens is 3.